The Kier molecular flexibility index (Phi) is 9.52. The molecule has 2 aromatic heterocycles. The zero-order valence-corrected chi connectivity index (χ0v) is 26.8. The van der Waals surface area contributed by atoms with E-state index in [4.69, 9.17) is 24.5 Å². The molecule has 2 aliphatic rings. The van der Waals surface area contributed by atoms with Gasteiger partial charge in [0.1, 0.15) is 29.4 Å². The molecule has 238 valence electrons. The maximum Gasteiger partial charge on any atom is 0.342 e. The molecule has 0 amide bonds. The van der Waals surface area contributed by atoms with Crippen molar-refractivity contribution in [3.63, 3.8) is 0 Å². The van der Waals surface area contributed by atoms with Gasteiger partial charge in [-0.2, -0.15) is 9.97 Å². The fourth-order valence-corrected chi connectivity index (χ4v) is 5.88. The van der Waals surface area contributed by atoms with Gasteiger partial charge in [-0.1, -0.05) is 6.08 Å². The molecule has 1 aliphatic carbocycles. The Labute approximate surface area is 251 Å². The Morgan fingerprint density at radius 2 is 1.63 bits per heavy atom. The zero-order valence-electron chi connectivity index (χ0n) is 25.9. The van der Waals surface area contributed by atoms with Gasteiger partial charge < -0.3 is 29.8 Å². The third kappa shape index (κ3) is 9.19. The van der Waals surface area contributed by atoms with Gasteiger partial charge in [-0.05, 0) is 74.3 Å². The molecule has 4 rings (SSSR count). The average Bonchev–Trinajstić information content (AvgIpc) is 3.38. The largest absolute Gasteiger partial charge is 0.459 e. The highest BCUT2D eigenvalue weighted by Crippen LogP contribution is 2.40. The Morgan fingerprint density at radius 1 is 1.05 bits per heavy atom. The van der Waals surface area contributed by atoms with E-state index in [0.717, 1.165) is 12.8 Å². The van der Waals surface area contributed by atoms with Crippen LogP contribution in [0.5, 0.6) is 0 Å². The molecular formula is C27H43N8O7P. The lowest BCUT2D eigenvalue weighted by molar-refractivity contribution is -0.157. The predicted octanol–water partition coefficient (Wildman–Crippen LogP) is 3.20. The minimum absolute atomic E-state index is 0.107. The molecule has 0 unspecified atom stereocenters. The van der Waals surface area contributed by atoms with Crippen molar-refractivity contribution in [1.29, 1.82) is 0 Å². The first kappa shape index (κ1) is 32.8. The summed E-state index contributed by atoms with van der Waals surface area (Å²) in [7, 11) is -4.04. The summed E-state index contributed by atoms with van der Waals surface area (Å²) in [5.41, 5.74) is 5.53. The first-order chi connectivity index (χ1) is 19.9. The monoisotopic (exact) mass is 622 g/mol. The molecule has 0 radical (unpaired) electrons. The van der Waals surface area contributed by atoms with E-state index in [9.17, 15) is 14.2 Å². The number of esters is 2. The summed E-state index contributed by atoms with van der Waals surface area (Å²) >= 11 is 0. The van der Waals surface area contributed by atoms with Gasteiger partial charge in [0.2, 0.25) is 5.95 Å². The minimum atomic E-state index is -4.04. The van der Waals surface area contributed by atoms with Gasteiger partial charge in [-0.3, -0.25) is 18.7 Å². The van der Waals surface area contributed by atoms with Crippen molar-refractivity contribution in [2.24, 2.45) is 0 Å². The van der Waals surface area contributed by atoms with E-state index >= 15 is 0 Å². The molecule has 4 atom stereocenters. The number of fused-ring (bicyclic) bond motifs is 1. The van der Waals surface area contributed by atoms with Crippen molar-refractivity contribution in [1.82, 2.24) is 29.7 Å². The molecule has 5 N–H and O–H groups in total. The molecule has 0 spiro atoms. The molecule has 0 saturated heterocycles. The molecule has 15 nitrogen and oxygen atoms in total. The van der Waals surface area contributed by atoms with Crippen LogP contribution in [0.2, 0.25) is 0 Å². The van der Waals surface area contributed by atoms with Gasteiger partial charge in [0.15, 0.2) is 23.2 Å². The fourth-order valence-electron chi connectivity index (χ4n) is 4.07. The van der Waals surface area contributed by atoms with Gasteiger partial charge >= 0.3 is 19.6 Å². The molecule has 43 heavy (non-hydrogen) atoms. The van der Waals surface area contributed by atoms with E-state index in [0.29, 0.717) is 23.0 Å². The first-order valence-electron chi connectivity index (χ1n) is 14.3. The lowest BCUT2D eigenvalue weighted by Crippen LogP contribution is -2.45. The number of hydrogen-bond donors (Lipinski definition) is 4. The molecule has 16 heteroatoms. The quantitative estimate of drug-likeness (QED) is 0.153. The maximum absolute atomic E-state index is 14.0. The fraction of sp³-hybridized carbons (Fsp3) is 0.667. The van der Waals surface area contributed by atoms with Crippen molar-refractivity contribution >= 4 is 42.5 Å². The van der Waals surface area contributed by atoms with Crippen molar-refractivity contribution in [2.75, 3.05) is 17.7 Å². The number of nitrogens with two attached hydrogens (primary N) is 1. The number of imidazole rings is 1. The van der Waals surface area contributed by atoms with E-state index in [-0.39, 0.29) is 12.6 Å². The van der Waals surface area contributed by atoms with E-state index in [1.54, 1.807) is 64.6 Å². The third-order valence-corrected chi connectivity index (χ3v) is 8.07. The van der Waals surface area contributed by atoms with Gasteiger partial charge in [0, 0.05) is 6.04 Å². The van der Waals surface area contributed by atoms with Crippen LogP contribution >= 0.6 is 7.67 Å². The summed E-state index contributed by atoms with van der Waals surface area (Å²) in [5, 5.41) is 8.71. The lowest BCUT2D eigenvalue weighted by atomic mass is 10.2. The first-order valence-corrected chi connectivity index (χ1v) is 15.9. The van der Waals surface area contributed by atoms with Crippen LogP contribution in [0.15, 0.2) is 18.5 Å². The second-order valence-electron chi connectivity index (χ2n) is 12.7. The number of hydrogen-bond acceptors (Lipinski definition) is 12. The van der Waals surface area contributed by atoms with E-state index in [1.165, 1.54) is 13.8 Å². The van der Waals surface area contributed by atoms with Crippen LogP contribution in [0.25, 0.3) is 11.2 Å². The van der Waals surface area contributed by atoms with E-state index < -0.39 is 55.2 Å². The number of carbonyl (C=O) groups excluding carboxylic acids is 2. The van der Waals surface area contributed by atoms with Crippen LogP contribution in [0.4, 0.5) is 11.8 Å². The number of nitrogen functional groups attached to an aromatic ring is 1. The highest BCUT2D eigenvalue weighted by molar-refractivity contribution is 7.54. The second kappa shape index (κ2) is 12.5. The standard InChI is InChI=1S/C27H43N8O7P/c1-15(23(36)41-26(3,4)5)33-43(38,34-16(2)24(37)42-27(6,7)8)39-13-18-11-12-19(40-18)35-14-29-20-21(30-17-9-10-17)31-25(28)32-22(20)35/h11-12,14-19H,9-10,13H2,1-8H3,(H2,33,34,38)(H3,28,30,31,32)/t15-,16-,18-,19+/m0/s1. The highest BCUT2D eigenvalue weighted by Gasteiger charge is 2.36. The number of ether oxygens (including phenoxy) is 3. The lowest BCUT2D eigenvalue weighted by Gasteiger charge is -2.29. The Bertz CT molecular complexity index is 1370. The number of nitrogens with one attached hydrogen (secondary N) is 3. The molecule has 1 saturated carbocycles. The van der Waals surface area contributed by atoms with Crippen LogP contribution in [0.1, 0.15) is 74.5 Å². The average molecular weight is 623 g/mol. The second-order valence-corrected chi connectivity index (χ2v) is 14.6. The molecule has 1 fully saturated rings. The van der Waals surface area contributed by atoms with Gasteiger partial charge in [-0.25, -0.2) is 15.2 Å². The molecule has 3 heterocycles. The van der Waals surface area contributed by atoms with E-state index in [2.05, 4.69) is 30.4 Å². The summed E-state index contributed by atoms with van der Waals surface area (Å²) in [4.78, 5) is 38.4. The van der Waals surface area contributed by atoms with Gasteiger partial charge in [0.25, 0.3) is 0 Å². The third-order valence-electron chi connectivity index (χ3n) is 6.10. The van der Waals surface area contributed by atoms with Gasteiger partial charge in [-0.15, -0.1) is 0 Å². The summed E-state index contributed by atoms with van der Waals surface area (Å²) in [6, 6.07) is -1.71. The highest BCUT2D eigenvalue weighted by atomic mass is 31.2. The van der Waals surface area contributed by atoms with Crippen molar-refractivity contribution in [3.05, 3.63) is 18.5 Å². The predicted molar refractivity (Wildman–Crippen MR) is 160 cm³/mol. The number of anilines is 2. The molecular weight excluding hydrogens is 579 g/mol. The van der Waals surface area contributed by atoms with Crippen LogP contribution in [0.3, 0.4) is 0 Å². The number of nitrogens with zero attached hydrogens (tertiary/aromatic N) is 4. The van der Waals surface area contributed by atoms with Crippen LogP contribution in [0, 0.1) is 0 Å². The maximum atomic E-state index is 14.0. The van der Waals surface area contributed by atoms with Crippen LogP contribution in [-0.4, -0.2) is 73.5 Å². The summed E-state index contributed by atoms with van der Waals surface area (Å²) in [5.74, 6) is -0.592. The SMILES string of the molecule is C[C@H](NP(=O)(N[C@@H](C)C(=O)OC(C)(C)C)OC[C@@H]1C=C[C@H](n2cnc3c(NC4CC4)nc(N)nc32)O1)C(=O)OC(C)(C)C. The number of carbonyl (C=O) groups is 2. The van der Waals surface area contributed by atoms with Gasteiger partial charge in [0.05, 0.1) is 12.9 Å². The normalized spacial score (nSPS) is 20.7. The topological polar surface area (TPSA) is 194 Å². The zero-order chi connectivity index (χ0) is 31.7. The Morgan fingerprint density at radius 3 is 2.16 bits per heavy atom. The Balaban J connectivity index is 1.45. The molecule has 0 bridgehead atoms. The summed E-state index contributed by atoms with van der Waals surface area (Å²) in [6.07, 6.45) is 6.03. The Hall–Kier alpha value is -3.10. The molecule has 1 aliphatic heterocycles. The smallest absolute Gasteiger partial charge is 0.342 e. The summed E-state index contributed by atoms with van der Waals surface area (Å²) < 4.78 is 38.5. The number of rotatable bonds is 12. The van der Waals surface area contributed by atoms with Crippen LogP contribution < -0.4 is 21.2 Å². The molecule has 2 aromatic rings. The number of aromatic nitrogens is 4. The van der Waals surface area contributed by atoms with Crippen molar-refractivity contribution < 1.29 is 32.9 Å². The van der Waals surface area contributed by atoms with E-state index in [1.807, 2.05) is 0 Å². The van der Waals surface area contributed by atoms with Crippen LogP contribution in [-0.2, 0) is 32.9 Å². The van der Waals surface area contributed by atoms with Crippen molar-refractivity contribution in [3.8, 4) is 0 Å². The summed E-state index contributed by atoms with van der Waals surface area (Å²) in [6.45, 7) is 13.2. The minimum Gasteiger partial charge on any atom is -0.459 e. The van der Waals surface area contributed by atoms with Crippen molar-refractivity contribution in [2.45, 2.75) is 110 Å². The molecule has 0 aromatic carbocycles.